The molecule has 8 heteroatoms. The Balaban J connectivity index is 2.93. The van der Waals surface area contributed by atoms with Crippen molar-refractivity contribution >= 4 is 33.2 Å². The monoisotopic (exact) mass is 288 g/mol. The van der Waals surface area contributed by atoms with Crippen LogP contribution in [-0.4, -0.2) is 29.4 Å². The van der Waals surface area contributed by atoms with Crippen molar-refractivity contribution in [1.82, 2.24) is 10.3 Å². The van der Waals surface area contributed by atoms with Gasteiger partial charge < -0.3 is 10.6 Å². The molecule has 16 heavy (non-hydrogen) atoms. The Hall–Kier alpha value is -1.70. The van der Waals surface area contributed by atoms with Gasteiger partial charge in [-0.25, -0.2) is 0 Å². The fraction of sp³-hybridized carbons (Fsp3) is 0.250. The molecule has 0 aliphatic heterocycles. The number of amides is 1. The summed E-state index contributed by atoms with van der Waals surface area (Å²) in [6.07, 6.45) is 2.54. The second-order valence-corrected chi connectivity index (χ2v) is 3.65. The van der Waals surface area contributed by atoms with E-state index in [0.29, 0.717) is 4.47 Å². The number of likely N-dealkylation sites (N-methyl/N-ethyl adjacent to an activating group) is 1. The third kappa shape index (κ3) is 2.89. The predicted octanol–water partition coefficient (Wildman–Crippen LogP) is 0.910. The summed E-state index contributed by atoms with van der Waals surface area (Å²) in [7, 11) is 1.49. The lowest BCUT2D eigenvalue weighted by Gasteiger charge is -2.07. The topological polar surface area (TPSA) is 97.2 Å². The number of hydrogen-bond donors (Lipinski definition) is 2. The van der Waals surface area contributed by atoms with Crippen molar-refractivity contribution in [3.05, 3.63) is 27.0 Å². The summed E-state index contributed by atoms with van der Waals surface area (Å²) in [5.41, 5.74) is 0.0573. The lowest BCUT2D eigenvalue weighted by atomic mass is 10.3. The summed E-state index contributed by atoms with van der Waals surface area (Å²) in [5.74, 6) is -0.266. The molecule has 7 nitrogen and oxygen atoms in total. The highest BCUT2D eigenvalue weighted by molar-refractivity contribution is 9.10. The maximum absolute atomic E-state index is 11.0. The van der Waals surface area contributed by atoms with E-state index in [9.17, 15) is 14.9 Å². The van der Waals surface area contributed by atoms with Crippen LogP contribution in [0.5, 0.6) is 0 Å². The highest BCUT2D eigenvalue weighted by Gasteiger charge is 2.17. The van der Waals surface area contributed by atoms with Crippen LogP contribution in [0.1, 0.15) is 0 Å². The molecule has 0 aromatic carbocycles. The molecule has 0 fully saturated rings. The molecule has 1 aromatic rings. The van der Waals surface area contributed by atoms with E-state index in [1.165, 1.54) is 13.2 Å². The molecule has 0 radical (unpaired) electrons. The van der Waals surface area contributed by atoms with Crippen LogP contribution in [0.15, 0.2) is 16.9 Å². The van der Waals surface area contributed by atoms with Crippen LogP contribution < -0.4 is 10.6 Å². The lowest BCUT2D eigenvalue weighted by molar-refractivity contribution is -0.384. The zero-order valence-corrected chi connectivity index (χ0v) is 9.94. The Morgan fingerprint density at radius 3 is 2.88 bits per heavy atom. The van der Waals surface area contributed by atoms with Crippen LogP contribution in [0.4, 0.5) is 11.4 Å². The molecule has 0 saturated heterocycles. The van der Waals surface area contributed by atoms with E-state index in [2.05, 4.69) is 31.5 Å². The fourth-order valence-electron chi connectivity index (χ4n) is 0.995. The standard InChI is InChI=1S/C8H9BrN4O3/c1-10-7(14)4-12-8-5(9)2-11-3-6(8)13(15)16/h2-3H,4H2,1H3,(H,10,14)(H,11,12). The molecule has 0 unspecified atom stereocenters. The Morgan fingerprint density at radius 1 is 1.62 bits per heavy atom. The lowest BCUT2D eigenvalue weighted by Crippen LogP contribution is -2.26. The van der Waals surface area contributed by atoms with E-state index in [1.54, 1.807) is 0 Å². The third-order valence-corrected chi connectivity index (χ3v) is 2.38. The SMILES string of the molecule is CNC(=O)CNc1c(Br)cncc1[N+](=O)[O-]. The van der Waals surface area contributed by atoms with E-state index in [0.717, 1.165) is 6.20 Å². The van der Waals surface area contributed by atoms with E-state index in [1.807, 2.05) is 0 Å². The van der Waals surface area contributed by atoms with Gasteiger partial charge in [-0.15, -0.1) is 0 Å². The molecular weight excluding hydrogens is 280 g/mol. The molecule has 86 valence electrons. The first kappa shape index (κ1) is 12.4. The fourth-order valence-corrected chi connectivity index (χ4v) is 1.46. The maximum atomic E-state index is 11.0. The van der Waals surface area contributed by atoms with Gasteiger partial charge >= 0.3 is 5.69 Å². The van der Waals surface area contributed by atoms with E-state index >= 15 is 0 Å². The Labute approximate surface area is 99.5 Å². The molecule has 1 amide bonds. The summed E-state index contributed by atoms with van der Waals surface area (Å²) in [4.78, 5) is 24.8. The van der Waals surface area contributed by atoms with Gasteiger partial charge in [-0.05, 0) is 15.9 Å². The molecule has 2 N–H and O–H groups in total. The molecule has 1 rings (SSSR count). The van der Waals surface area contributed by atoms with Crippen LogP contribution in [-0.2, 0) is 4.79 Å². The average Bonchev–Trinajstić information content (AvgIpc) is 2.26. The quantitative estimate of drug-likeness (QED) is 0.634. The largest absolute Gasteiger partial charge is 0.370 e. The van der Waals surface area contributed by atoms with E-state index in [4.69, 9.17) is 0 Å². The molecule has 0 saturated carbocycles. The Bertz CT molecular complexity index is 424. The zero-order chi connectivity index (χ0) is 12.1. The number of carbonyl (C=O) groups is 1. The van der Waals surface area contributed by atoms with Gasteiger partial charge in [-0.2, -0.15) is 0 Å². The molecule has 0 aliphatic rings. The second-order valence-electron chi connectivity index (χ2n) is 2.80. The number of nitrogens with zero attached hydrogens (tertiary/aromatic N) is 2. The highest BCUT2D eigenvalue weighted by atomic mass is 79.9. The van der Waals surface area contributed by atoms with Crippen LogP contribution in [0.2, 0.25) is 0 Å². The molecule has 0 spiro atoms. The third-order valence-electron chi connectivity index (χ3n) is 1.78. The van der Waals surface area contributed by atoms with Crippen molar-refractivity contribution in [2.45, 2.75) is 0 Å². The van der Waals surface area contributed by atoms with Crippen molar-refractivity contribution in [3.63, 3.8) is 0 Å². The van der Waals surface area contributed by atoms with Crippen molar-refractivity contribution in [2.24, 2.45) is 0 Å². The molecule has 0 bridgehead atoms. The smallest absolute Gasteiger partial charge is 0.311 e. The van der Waals surface area contributed by atoms with Gasteiger partial charge in [0, 0.05) is 13.2 Å². The normalized spacial score (nSPS) is 9.62. The molecule has 1 aromatic heterocycles. The summed E-state index contributed by atoms with van der Waals surface area (Å²) in [6, 6.07) is 0. The molecule has 0 aliphatic carbocycles. The minimum Gasteiger partial charge on any atom is -0.370 e. The number of hydrogen-bond acceptors (Lipinski definition) is 5. The van der Waals surface area contributed by atoms with Gasteiger partial charge in [0.05, 0.1) is 15.9 Å². The van der Waals surface area contributed by atoms with Crippen LogP contribution in [0.25, 0.3) is 0 Å². The first-order valence-corrected chi connectivity index (χ1v) is 5.08. The minimum atomic E-state index is -0.566. The van der Waals surface area contributed by atoms with Crippen LogP contribution >= 0.6 is 15.9 Å². The van der Waals surface area contributed by atoms with Crippen LogP contribution in [0, 0.1) is 10.1 Å². The number of aromatic nitrogens is 1. The molecule has 1 heterocycles. The second kappa shape index (κ2) is 5.40. The number of nitro groups is 1. The van der Waals surface area contributed by atoms with E-state index in [-0.39, 0.29) is 23.8 Å². The number of halogens is 1. The first-order valence-electron chi connectivity index (χ1n) is 4.28. The Kier molecular flexibility index (Phi) is 4.18. The summed E-state index contributed by atoms with van der Waals surface area (Å²) >= 11 is 3.13. The van der Waals surface area contributed by atoms with Gasteiger partial charge in [0.2, 0.25) is 5.91 Å². The van der Waals surface area contributed by atoms with Crippen molar-refractivity contribution < 1.29 is 9.72 Å². The van der Waals surface area contributed by atoms with Gasteiger partial charge in [0.25, 0.3) is 0 Å². The number of carbonyl (C=O) groups excluding carboxylic acids is 1. The minimum absolute atomic E-state index is 0.0417. The van der Waals surface area contributed by atoms with Crippen molar-refractivity contribution in [1.29, 1.82) is 0 Å². The van der Waals surface area contributed by atoms with Gasteiger partial charge in [-0.3, -0.25) is 19.9 Å². The maximum Gasteiger partial charge on any atom is 0.311 e. The van der Waals surface area contributed by atoms with Crippen molar-refractivity contribution in [3.8, 4) is 0 Å². The van der Waals surface area contributed by atoms with Gasteiger partial charge in [0.1, 0.15) is 11.9 Å². The molecular formula is C8H9BrN4O3. The number of rotatable bonds is 4. The number of nitrogens with one attached hydrogen (secondary N) is 2. The molecule has 0 atom stereocenters. The first-order chi connectivity index (χ1) is 7.56. The number of pyridine rings is 1. The van der Waals surface area contributed by atoms with E-state index < -0.39 is 4.92 Å². The zero-order valence-electron chi connectivity index (χ0n) is 8.36. The Morgan fingerprint density at radius 2 is 2.31 bits per heavy atom. The summed E-state index contributed by atoms with van der Waals surface area (Å²) in [5, 5.41) is 15.8. The predicted molar refractivity (Wildman–Crippen MR) is 61.1 cm³/mol. The average molecular weight is 289 g/mol. The highest BCUT2D eigenvalue weighted by Crippen LogP contribution is 2.30. The summed E-state index contributed by atoms with van der Waals surface area (Å²) in [6.45, 7) is -0.0417. The van der Waals surface area contributed by atoms with Gasteiger partial charge in [0.15, 0.2) is 0 Å². The van der Waals surface area contributed by atoms with Crippen LogP contribution in [0.3, 0.4) is 0 Å². The summed E-state index contributed by atoms with van der Waals surface area (Å²) < 4.78 is 0.436. The number of anilines is 1. The van der Waals surface area contributed by atoms with Gasteiger partial charge in [-0.1, -0.05) is 0 Å². The van der Waals surface area contributed by atoms with Crippen molar-refractivity contribution in [2.75, 3.05) is 18.9 Å².